The summed E-state index contributed by atoms with van der Waals surface area (Å²) >= 11 is 0. The van der Waals surface area contributed by atoms with Crippen molar-refractivity contribution in [2.45, 2.75) is 26.4 Å². The first kappa shape index (κ1) is 20.7. The van der Waals surface area contributed by atoms with Gasteiger partial charge in [0.2, 0.25) is 5.88 Å². The van der Waals surface area contributed by atoms with Crippen molar-refractivity contribution < 1.29 is 27.8 Å². The van der Waals surface area contributed by atoms with Gasteiger partial charge in [-0.2, -0.15) is 0 Å². The van der Waals surface area contributed by atoms with E-state index < -0.39 is 18.2 Å². The molecule has 1 aromatic heterocycles. The highest BCUT2D eigenvalue weighted by Crippen LogP contribution is 2.31. The number of Topliss-reactive ketones (excluding diaryl/α,β-unsaturated/α-hetero) is 1. The molecule has 6 nitrogen and oxygen atoms in total. The Hall–Kier alpha value is -3.55. The maximum atomic E-state index is 14.5. The van der Waals surface area contributed by atoms with Gasteiger partial charge in [0.1, 0.15) is 41.2 Å². The highest BCUT2D eigenvalue weighted by molar-refractivity contribution is 5.91. The number of carbonyl (C=O) groups excluding carboxylic acids is 1. The predicted molar refractivity (Wildman–Crippen MR) is 107 cm³/mol. The third-order valence-electron chi connectivity index (χ3n) is 4.70. The summed E-state index contributed by atoms with van der Waals surface area (Å²) in [5.74, 6) is -0.138. The third kappa shape index (κ3) is 5.53. The minimum atomic E-state index is -0.815. The molecule has 0 unspecified atom stereocenters. The van der Waals surface area contributed by atoms with E-state index in [0.717, 1.165) is 12.1 Å². The van der Waals surface area contributed by atoms with Crippen molar-refractivity contribution in [2.75, 3.05) is 6.61 Å². The molecule has 0 radical (unpaired) electrons. The number of hydrogen-bond acceptors (Lipinski definition) is 6. The molecule has 160 valence electrons. The summed E-state index contributed by atoms with van der Waals surface area (Å²) in [5.41, 5.74) is -0.0977. The Balaban J connectivity index is 1.40. The van der Waals surface area contributed by atoms with Gasteiger partial charge in [-0.25, -0.2) is 8.78 Å². The van der Waals surface area contributed by atoms with Gasteiger partial charge in [-0.1, -0.05) is 6.07 Å². The first-order valence-electron chi connectivity index (χ1n) is 9.84. The molecule has 0 N–H and O–H groups in total. The number of aromatic nitrogens is 2. The Morgan fingerprint density at radius 2 is 1.71 bits per heavy atom. The van der Waals surface area contributed by atoms with E-state index in [2.05, 4.69) is 10.2 Å². The van der Waals surface area contributed by atoms with E-state index in [0.29, 0.717) is 24.0 Å². The topological polar surface area (TPSA) is 70.5 Å². The molecule has 1 heterocycles. The van der Waals surface area contributed by atoms with E-state index in [9.17, 15) is 13.6 Å². The molecular formula is C23H20F2N2O4. The van der Waals surface area contributed by atoms with E-state index in [1.165, 1.54) is 31.9 Å². The van der Waals surface area contributed by atoms with Crippen LogP contribution in [0.1, 0.15) is 35.8 Å². The van der Waals surface area contributed by atoms with Crippen LogP contribution in [0.5, 0.6) is 23.1 Å². The van der Waals surface area contributed by atoms with Gasteiger partial charge in [0.25, 0.3) is 0 Å². The van der Waals surface area contributed by atoms with E-state index in [-0.39, 0.29) is 28.7 Å². The highest BCUT2D eigenvalue weighted by Gasteiger charge is 2.22. The van der Waals surface area contributed by atoms with Crippen molar-refractivity contribution in [2.24, 2.45) is 5.92 Å². The smallest absolute Gasteiger partial charge is 0.233 e. The normalized spacial score (nSPS) is 13.0. The molecule has 31 heavy (non-hydrogen) atoms. The molecule has 2 aromatic carbocycles. The molecule has 0 bridgehead atoms. The number of carbonyl (C=O) groups is 1. The fourth-order valence-electron chi connectivity index (χ4n) is 2.77. The summed E-state index contributed by atoms with van der Waals surface area (Å²) in [6.07, 6.45) is 2.36. The Kier molecular flexibility index (Phi) is 6.06. The molecule has 0 spiro atoms. The van der Waals surface area contributed by atoms with E-state index in [1.807, 2.05) is 6.07 Å². The van der Waals surface area contributed by atoms with Crippen LogP contribution in [0, 0.1) is 17.6 Å². The summed E-state index contributed by atoms with van der Waals surface area (Å²) in [6.45, 7) is 1.62. The average Bonchev–Trinajstić information content (AvgIpc) is 3.57. The lowest BCUT2D eigenvalue weighted by molar-refractivity contribution is 0.101. The van der Waals surface area contributed by atoms with Crippen molar-refractivity contribution in [3.05, 3.63) is 71.4 Å². The summed E-state index contributed by atoms with van der Waals surface area (Å²) < 4.78 is 45.5. The van der Waals surface area contributed by atoms with Crippen molar-refractivity contribution in [3.63, 3.8) is 0 Å². The molecule has 0 atom stereocenters. The van der Waals surface area contributed by atoms with Crippen LogP contribution in [0.3, 0.4) is 0 Å². The zero-order valence-corrected chi connectivity index (χ0v) is 16.8. The number of rotatable bonds is 9. The highest BCUT2D eigenvalue weighted by atomic mass is 19.1. The van der Waals surface area contributed by atoms with Crippen LogP contribution >= 0.6 is 0 Å². The first-order valence-corrected chi connectivity index (χ1v) is 9.84. The summed E-state index contributed by atoms with van der Waals surface area (Å²) in [6, 6.07) is 11.9. The van der Waals surface area contributed by atoms with Crippen LogP contribution in [0.2, 0.25) is 0 Å². The fraction of sp³-hybridized carbons (Fsp3) is 0.261. The Morgan fingerprint density at radius 1 is 0.968 bits per heavy atom. The molecule has 0 amide bonds. The van der Waals surface area contributed by atoms with Gasteiger partial charge in [-0.15, -0.1) is 10.2 Å². The Labute approximate surface area is 177 Å². The second kappa shape index (κ2) is 9.07. The SMILES string of the molecule is CC(=O)c1ccc(OCc2c(F)cc(Oc3cccc(OCC4CC4)c3)cc2F)nn1. The summed E-state index contributed by atoms with van der Waals surface area (Å²) in [5, 5.41) is 7.40. The minimum absolute atomic E-state index is 0.0173. The standard InChI is InChI=1S/C23H20F2N2O4/c1-14(28)22-7-8-23(27-26-22)30-13-19-20(24)10-18(11-21(19)25)31-17-4-2-3-16(9-17)29-12-15-5-6-15/h2-4,7-11,15H,5-6,12-13H2,1H3. The minimum Gasteiger partial charge on any atom is -0.493 e. The second-order valence-electron chi connectivity index (χ2n) is 7.30. The van der Waals surface area contributed by atoms with Gasteiger partial charge in [0, 0.05) is 31.2 Å². The first-order chi connectivity index (χ1) is 15.0. The molecule has 1 aliphatic rings. The molecule has 1 saturated carbocycles. The van der Waals surface area contributed by atoms with Gasteiger partial charge in [-0.05, 0) is 37.0 Å². The molecule has 0 aliphatic heterocycles. The van der Waals surface area contributed by atoms with E-state index >= 15 is 0 Å². The van der Waals surface area contributed by atoms with Crippen LogP contribution in [0.15, 0.2) is 48.5 Å². The van der Waals surface area contributed by atoms with Crippen LogP contribution in [-0.2, 0) is 6.61 Å². The molecule has 1 fully saturated rings. The number of benzene rings is 2. The Bertz CT molecular complexity index is 1060. The maximum absolute atomic E-state index is 14.5. The van der Waals surface area contributed by atoms with Gasteiger partial charge < -0.3 is 14.2 Å². The van der Waals surface area contributed by atoms with Crippen molar-refractivity contribution >= 4 is 5.78 Å². The summed E-state index contributed by atoms with van der Waals surface area (Å²) in [7, 11) is 0. The number of nitrogens with zero attached hydrogens (tertiary/aromatic N) is 2. The molecule has 3 aromatic rings. The van der Waals surface area contributed by atoms with Crippen LogP contribution < -0.4 is 14.2 Å². The fourth-order valence-corrected chi connectivity index (χ4v) is 2.77. The van der Waals surface area contributed by atoms with E-state index in [1.54, 1.807) is 18.2 Å². The quantitative estimate of drug-likeness (QED) is 0.443. The average molecular weight is 426 g/mol. The van der Waals surface area contributed by atoms with Crippen molar-refractivity contribution in [3.8, 4) is 23.1 Å². The second-order valence-corrected chi connectivity index (χ2v) is 7.30. The number of hydrogen-bond donors (Lipinski definition) is 0. The lowest BCUT2D eigenvalue weighted by Crippen LogP contribution is -2.05. The third-order valence-corrected chi connectivity index (χ3v) is 4.70. The van der Waals surface area contributed by atoms with Gasteiger partial charge in [0.05, 0.1) is 12.2 Å². The zero-order valence-electron chi connectivity index (χ0n) is 16.8. The van der Waals surface area contributed by atoms with Crippen molar-refractivity contribution in [1.82, 2.24) is 10.2 Å². The molecule has 4 rings (SSSR count). The van der Waals surface area contributed by atoms with Crippen LogP contribution in [0.25, 0.3) is 0 Å². The molecule has 8 heteroatoms. The Morgan fingerprint density at radius 3 is 2.35 bits per heavy atom. The van der Waals surface area contributed by atoms with Crippen LogP contribution in [0.4, 0.5) is 8.78 Å². The van der Waals surface area contributed by atoms with Gasteiger partial charge in [0.15, 0.2) is 5.78 Å². The number of ether oxygens (including phenoxy) is 3. The van der Waals surface area contributed by atoms with Crippen LogP contribution in [-0.4, -0.2) is 22.6 Å². The predicted octanol–water partition coefficient (Wildman–Crippen LogP) is 5.12. The monoisotopic (exact) mass is 426 g/mol. The number of ketones is 1. The largest absolute Gasteiger partial charge is 0.493 e. The summed E-state index contributed by atoms with van der Waals surface area (Å²) in [4.78, 5) is 11.2. The molecule has 1 aliphatic carbocycles. The lowest BCUT2D eigenvalue weighted by Gasteiger charge is -2.11. The zero-order chi connectivity index (χ0) is 21.8. The lowest BCUT2D eigenvalue weighted by atomic mass is 10.2. The molecule has 0 saturated heterocycles. The van der Waals surface area contributed by atoms with Crippen molar-refractivity contribution in [1.29, 1.82) is 0 Å². The number of halogens is 2. The van der Waals surface area contributed by atoms with Gasteiger partial charge >= 0.3 is 0 Å². The van der Waals surface area contributed by atoms with E-state index in [4.69, 9.17) is 14.2 Å². The molecular weight excluding hydrogens is 406 g/mol. The maximum Gasteiger partial charge on any atom is 0.233 e. The van der Waals surface area contributed by atoms with Gasteiger partial charge in [-0.3, -0.25) is 4.79 Å².